The lowest BCUT2D eigenvalue weighted by molar-refractivity contribution is -0.136. The molecule has 0 aromatic carbocycles. The third-order valence-corrected chi connectivity index (χ3v) is 4.22. The van der Waals surface area contributed by atoms with Gasteiger partial charge in [-0.25, -0.2) is 4.39 Å². The number of hydrogen-bond acceptors (Lipinski definition) is 4. The second kappa shape index (κ2) is 6.49. The normalized spacial score (nSPS) is 23.5. The first-order valence-corrected chi connectivity index (χ1v) is 7.57. The Kier molecular flexibility index (Phi) is 4.45. The van der Waals surface area contributed by atoms with Crippen molar-refractivity contribution < 1.29 is 9.18 Å². The van der Waals surface area contributed by atoms with Gasteiger partial charge in [0.1, 0.15) is 5.82 Å². The van der Waals surface area contributed by atoms with Gasteiger partial charge in [0.25, 0.3) is 0 Å². The van der Waals surface area contributed by atoms with Crippen molar-refractivity contribution in [3.05, 3.63) is 29.8 Å². The van der Waals surface area contributed by atoms with E-state index in [1.807, 2.05) is 4.90 Å². The Hall–Kier alpha value is -1.53. The molecule has 3 heterocycles. The summed E-state index contributed by atoms with van der Waals surface area (Å²) < 4.78 is 13.2. The summed E-state index contributed by atoms with van der Waals surface area (Å²) in [7, 11) is 0. The molecule has 0 bridgehead atoms. The predicted octanol–water partition coefficient (Wildman–Crippen LogP) is 0.617. The average molecular weight is 292 g/mol. The molecule has 6 heteroatoms. The van der Waals surface area contributed by atoms with Crippen molar-refractivity contribution in [2.24, 2.45) is 0 Å². The molecule has 0 radical (unpaired) electrons. The summed E-state index contributed by atoms with van der Waals surface area (Å²) in [5.41, 5.74) is 0.829. The van der Waals surface area contributed by atoms with Gasteiger partial charge in [-0.1, -0.05) is 0 Å². The van der Waals surface area contributed by atoms with Gasteiger partial charge in [-0.2, -0.15) is 0 Å². The van der Waals surface area contributed by atoms with Crippen LogP contribution in [0, 0.1) is 5.82 Å². The third kappa shape index (κ3) is 3.39. The van der Waals surface area contributed by atoms with Gasteiger partial charge in [-0.3, -0.25) is 14.7 Å². The molecule has 2 aliphatic rings. The molecule has 21 heavy (non-hydrogen) atoms. The molecule has 1 unspecified atom stereocenters. The lowest BCUT2D eigenvalue weighted by atomic mass is 10.1. The van der Waals surface area contributed by atoms with Gasteiger partial charge in [-0.15, -0.1) is 0 Å². The molecule has 2 aliphatic heterocycles. The average Bonchev–Trinajstić information content (AvgIpc) is 2.95. The van der Waals surface area contributed by atoms with Gasteiger partial charge >= 0.3 is 0 Å². The molecule has 1 amide bonds. The van der Waals surface area contributed by atoms with Crippen LogP contribution in [-0.4, -0.2) is 59.5 Å². The van der Waals surface area contributed by atoms with E-state index >= 15 is 0 Å². The Bertz CT molecular complexity index is 504. The molecular weight excluding hydrogens is 271 g/mol. The first-order chi connectivity index (χ1) is 10.2. The largest absolute Gasteiger partial charge is 0.339 e. The molecule has 1 N–H and O–H groups in total. The number of carbonyl (C=O) groups excluding carboxylic acids is 1. The molecule has 2 fully saturated rings. The maximum Gasteiger partial charge on any atom is 0.240 e. The number of carbonyl (C=O) groups is 1. The van der Waals surface area contributed by atoms with Gasteiger partial charge in [0.05, 0.1) is 12.2 Å². The Morgan fingerprint density at radius 2 is 2.14 bits per heavy atom. The molecule has 0 spiro atoms. The van der Waals surface area contributed by atoms with E-state index in [1.165, 1.54) is 12.3 Å². The maximum atomic E-state index is 13.2. The zero-order valence-electron chi connectivity index (χ0n) is 12.1. The molecule has 3 rings (SSSR count). The molecular formula is C15H21FN4O. The van der Waals surface area contributed by atoms with Crippen molar-refractivity contribution in [2.75, 3.05) is 32.7 Å². The minimum atomic E-state index is -0.323. The topological polar surface area (TPSA) is 48.5 Å². The van der Waals surface area contributed by atoms with Crippen LogP contribution >= 0.6 is 0 Å². The fraction of sp³-hybridized carbons (Fsp3) is 0.600. The van der Waals surface area contributed by atoms with E-state index in [2.05, 4.69) is 15.2 Å². The number of halogens is 1. The summed E-state index contributed by atoms with van der Waals surface area (Å²) in [6.45, 7) is 4.78. The molecule has 1 atom stereocenters. The van der Waals surface area contributed by atoms with E-state index in [-0.39, 0.29) is 17.8 Å². The Morgan fingerprint density at radius 1 is 1.33 bits per heavy atom. The third-order valence-electron chi connectivity index (χ3n) is 4.22. The molecule has 1 aromatic heterocycles. The van der Waals surface area contributed by atoms with Gasteiger partial charge in [0.2, 0.25) is 5.91 Å². The Balaban J connectivity index is 1.66. The maximum absolute atomic E-state index is 13.2. The highest BCUT2D eigenvalue weighted by atomic mass is 19.1. The standard InChI is InChI=1S/C15H21FN4O/c16-13-8-12(9-18-10-13)11-20-5-1-2-14(20)15(21)19-6-3-17-4-7-19/h8-10,14,17H,1-7,11H2. The number of likely N-dealkylation sites (tertiary alicyclic amines) is 1. The summed E-state index contributed by atoms with van der Waals surface area (Å²) in [4.78, 5) is 20.6. The quantitative estimate of drug-likeness (QED) is 0.887. The van der Waals surface area contributed by atoms with Gasteiger partial charge in [0.15, 0.2) is 0 Å². The van der Waals surface area contributed by atoms with Crippen LogP contribution in [0.2, 0.25) is 0 Å². The van der Waals surface area contributed by atoms with Crippen molar-refractivity contribution >= 4 is 5.91 Å². The van der Waals surface area contributed by atoms with E-state index < -0.39 is 0 Å². The minimum Gasteiger partial charge on any atom is -0.339 e. The first-order valence-electron chi connectivity index (χ1n) is 7.57. The highest BCUT2D eigenvalue weighted by Crippen LogP contribution is 2.22. The minimum absolute atomic E-state index is 0.0635. The van der Waals surface area contributed by atoms with Crippen LogP contribution in [0.5, 0.6) is 0 Å². The number of nitrogens with one attached hydrogen (secondary N) is 1. The monoisotopic (exact) mass is 292 g/mol. The van der Waals surface area contributed by atoms with E-state index in [9.17, 15) is 9.18 Å². The van der Waals surface area contributed by atoms with Gasteiger partial charge in [0, 0.05) is 38.9 Å². The number of nitrogens with zero attached hydrogens (tertiary/aromatic N) is 3. The van der Waals surface area contributed by atoms with Crippen LogP contribution in [0.15, 0.2) is 18.5 Å². The second-order valence-electron chi connectivity index (χ2n) is 5.72. The van der Waals surface area contributed by atoms with Crippen molar-refractivity contribution in [1.82, 2.24) is 20.1 Å². The summed E-state index contributed by atoms with van der Waals surface area (Å²) in [5, 5.41) is 3.26. The smallest absolute Gasteiger partial charge is 0.240 e. The molecule has 5 nitrogen and oxygen atoms in total. The van der Waals surface area contributed by atoms with E-state index in [0.29, 0.717) is 6.54 Å². The van der Waals surface area contributed by atoms with Crippen molar-refractivity contribution in [1.29, 1.82) is 0 Å². The van der Waals surface area contributed by atoms with Crippen LogP contribution in [0.25, 0.3) is 0 Å². The van der Waals surface area contributed by atoms with Crippen molar-refractivity contribution in [3.63, 3.8) is 0 Å². The van der Waals surface area contributed by atoms with E-state index in [1.54, 1.807) is 6.20 Å². The van der Waals surface area contributed by atoms with E-state index in [4.69, 9.17) is 0 Å². The number of rotatable bonds is 3. The molecule has 1 aromatic rings. The number of amides is 1. The number of hydrogen-bond donors (Lipinski definition) is 1. The summed E-state index contributed by atoms with van der Waals surface area (Å²) in [5.74, 6) is -0.102. The first kappa shape index (κ1) is 14.4. The fourth-order valence-electron chi connectivity index (χ4n) is 3.17. The van der Waals surface area contributed by atoms with Crippen LogP contribution in [0.1, 0.15) is 18.4 Å². The highest BCUT2D eigenvalue weighted by Gasteiger charge is 2.33. The summed E-state index contributed by atoms with van der Waals surface area (Å²) >= 11 is 0. The lowest BCUT2D eigenvalue weighted by Crippen LogP contribution is -2.52. The second-order valence-corrected chi connectivity index (χ2v) is 5.72. The highest BCUT2D eigenvalue weighted by molar-refractivity contribution is 5.82. The number of aromatic nitrogens is 1. The van der Waals surface area contributed by atoms with Gasteiger partial charge < -0.3 is 10.2 Å². The lowest BCUT2D eigenvalue weighted by Gasteiger charge is -2.33. The molecule has 114 valence electrons. The van der Waals surface area contributed by atoms with Gasteiger partial charge in [-0.05, 0) is 31.0 Å². The molecule has 0 aliphatic carbocycles. The van der Waals surface area contributed by atoms with Crippen LogP contribution in [-0.2, 0) is 11.3 Å². The van der Waals surface area contributed by atoms with Crippen LogP contribution < -0.4 is 5.32 Å². The van der Waals surface area contributed by atoms with E-state index in [0.717, 1.165) is 51.1 Å². The SMILES string of the molecule is O=C(C1CCCN1Cc1cncc(F)c1)N1CCNCC1. The summed E-state index contributed by atoms with van der Waals surface area (Å²) in [6, 6.07) is 1.43. The van der Waals surface area contributed by atoms with Crippen molar-refractivity contribution in [2.45, 2.75) is 25.4 Å². The predicted molar refractivity (Wildman–Crippen MR) is 77.1 cm³/mol. The fourth-order valence-corrected chi connectivity index (χ4v) is 3.17. The summed E-state index contributed by atoms with van der Waals surface area (Å²) in [6.07, 6.45) is 4.79. The zero-order chi connectivity index (χ0) is 14.7. The van der Waals surface area contributed by atoms with Crippen molar-refractivity contribution in [3.8, 4) is 0 Å². The molecule has 2 saturated heterocycles. The number of piperazine rings is 1. The number of pyridine rings is 1. The Labute approximate surface area is 124 Å². The molecule has 0 saturated carbocycles. The van der Waals surface area contributed by atoms with Crippen LogP contribution in [0.3, 0.4) is 0 Å². The zero-order valence-corrected chi connectivity index (χ0v) is 12.1. The van der Waals surface area contributed by atoms with Crippen LogP contribution in [0.4, 0.5) is 4.39 Å². The Morgan fingerprint density at radius 3 is 2.90 bits per heavy atom.